The molecule has 3 rings (SSSR count). The lowest BCUT2D eigenvalue weighted by molar-refractivity contribution is -0.385. The van der Waals surface area contributed by atoms with Gasteiger partial charge in [-0.05, 0) is 44.0 Å². The molecule has 0 atom stereocenters. The summed E-state index contributed by atoms with van der Waals surface area (Å²) in [5, 5.41) is 14.4. The van der Waals surface area contributed by atoms with E-state index in [1.807, 2.05) is 18.2 Å². The number of nitrogens with zero attached hydrogens (tertiary/aromatic N) is 2. The lowest BCUT2D eigenvalue weighted by atomic mass is 10.0. The van der Waals surface area contributed by atoms with Crippen LogP contribution in [0.5, 0.6) is 11.5 Å². The van der Waals surface area contributed by atoms with E-state index in [-0.39, 0.29) is 23.5 Å². The quantitative estimate of drug-likeness (QED) is 0.482. The fourth-order valence-electron chi connectivity index (χ4n) is 3.82. The second-order valence-electron chi connectivity index (χ2n) is 7.50. The number of piperidine rings is 1. The first-order valence-corrected chi connectivity index (χ1v) is 10.6. The molecule has 31 heavy (non-hydrogen) atoms. The second-order valence-corrected chi connectivity index (χ2v) is 7.50. The Morgan fingerprint density at radius 1 is 1.13 bits per heavy atom. The van der Waals surface area contributed by atoms with Crippen LogP contribution in [0.3, 0.4) is 0 Å². The van der Waals surface area contributed by atoms with Gasteiger partial charge in [-0.25, -0.2) is 0 Å². The summed E-state index contributed by atoms with van der Waals surface area (Å²) in [6.07, 6.45) is 3.70. The zero-order valence-corrected chi connectivity index (χ0v) is 18.1. The average molecular weight is 428 g/mol. The van der Waals surface area contributed by atoms with Gasteiger partial charge in [0.2, 0.25) is 0 Å². The molecule has 8 nitrogen and oxygen atoms in total. The molecule has 8 heteroatoms. The van der Waals surface area contributed by atoms with Gasteiger partial charge in [-0.15, -0.1) is 0 Å². The van der Waals surface area contributed by atoms with Crippen molar-refractivity contribution < 1.29 is 19.2 Å². The SMILES string of the molecule is CCOc1cc(C(=O)NCc2ccccc2CN2CCCCC2)c([N+](=O)[O-])cc1OC. The van der Waals surface area contributed by atoms with Crippen LogP contribution in [0.15, 0.2) is 36.4 Å². The fourth-order valence-corrected chi connectivity index (χ4v) is 3.82. The van der Waals surface area contributed by atoms with E-state index in [2.05, 4.69) is 16.3 Å². The van der Waals surface area contributed by atoms with Crippen molar-refractivity contribution >= 4 is 11.6 Å². The van der Waals surface area contributed by atoms with E-state index in [9.17, 15) is 14.9 Å². The topological polar surface area (TPSA) is 93.9 Å². The van der Waals surface area contributed by atoms with Crippen molar-refractivity contribution in [2.45, 2.75) is 39.3 Å². The Balaban J connectivity index is 1.78. The van der Waals surface area contributed by atoms with E-state index in [1.165, 1.54) is 38.5 Å². The van der Waals surface area contributed by atoms with Gasteiger partial charge in [0.05, 0.1) is 24.7 Å². The summed E-state index contributed by atoms with van der Waals surface area (Å²) < 4.78 is 10.7. The van der Waals surface area contributed by atoms with E-state index in [0.29, 0.717) is 12.4 Å². The van der Waals surface area contributed by atoms with Crippen LogP contribution in [0.2, 0.25) is 0 Å². The minimum atomic E-state index is -0.586. The monoisotopic (exact) mass is 427 g/mol. The van der Waals surface area contributed by atoms with Crippen LogP contribution < -0.4 is 14.8 Å². The van der Waals surface area contributed by atoms with Gasteiger partial charge in [-0.2, -0.15) is 0 Å². The number of carbonyl (C=O) groups is 1. The van der Waals surface area contributed by atoms with Gasteiger partial charge in [0.15, 0.2) is 11.5 Å². The van der Waals surface area contributed by atoms with Crippen LogP contribution in [0, 0.1) is 10.1 Å². The van der Waals surface area contributed by atoms with Gasteiger partial charge in [-0.1, -0.05) is 30.7 Å². The lowest BCUT2D eigenvalue weighted by Gasteiger charge is -2.27. The van der Waals surface area contributed by atoms with Gasteiger partial charge < -0.3 is 14.8 Å². The van der Waals surface area contributed by atoms with Crippen molar-refractivity contribution in [1.82, 2.24) is 10.2 Å². The van der Waals surface area contributed by atoms with E-state index in [1.54, 1.807) is 6.92 Å². The van der Waals surface area contributed by atoms with Gasteiger partial charge in [0, 0.05) is 19.2 Å². The molecule has 0 unspecified atom stereocenters. The molecular weight excluding hydrogens is 398 g/mol. The molecule has 0 bridgehead atoms. The predicted octanol–water partition coefficient (Wildman–Crippen LogP) is 3.92. The second kappa shape index (κ2) is 10.8. The Morgan fingerprint density at radius 3 is 2.48 bits per heavy atom. The molecule has 0 aliphatic carbocycles. The Hall–Kier alpha value is -3.13. The summed E-state index contributed by atoms with van der Waals surface area (Å²) >= 11 is 0. The molecule has 1 heterocycles. The van der Waals surface area contributed by atoms with Gasteiger partial charge in [-0.3, -0.25) is 19.8 Å². The number of nitro groups is 1. The maximum Gasteiger partial charge on any atom is 0.286 e. The van der Waals surface area contributed by atoms with Crippen molar-refractivity contribution in [2.24, 2.45) is 0 Å². The van der Waals surface area contributed by atoms with Gasteiger partial charge in [0.25, 0.3) is 11.6 Å². The number of nitro benzene ring substituents is 1. The van der Waals surface area contributed by atoms with Crippen molar-refractivity contribution in [1.29, 1.82) is 0 Å². The predicted molar refractivity (Wildman–Crippen MR) is 118 cm³/mol. The summed E-state index contributed by atoms with van der Waals surface area (Å²) in [5.74, 6) is -0.00805. The Labute approximate surface area is 182 Å². The summed E-state index contributed by atoms with van der Waals surface area (Å²) in [4.78, 5) is 26.3. The highest BCUT2D eigenvalue weighted by Gasteiger charge is 2.25. The molecule has 1 fully saturated rings. The minimum Gasteiger partial charge on any atom is -0.493 e. The Kier molecular flexibility index (Phi) is 7.83. The third-order valence-electron chi connectivity index (χ3n) is 5.42. The lowest BCUT2D eigenvalue weighted by Crippen LogP contribution is -2.30. The molecule has 1 N–H and O–H groups in total. The standard InChI is InChI=1S/C23H29N3O5/c1-3-31-22-13-19(20(26(28)29)14-21(22)30-2)23(27)24-15-17-9-5-6-10-18(17)16-25-11-7-4-8-12-25/h5-6,9-10,13-14H,3-4,7-8,11-12,15-16H2,1-2H3,(H,24,27). The van der Waals surface area contributed by atoms with E-state index >= 15 is 0 Å². The molecule has 0 aromatic heterocycles. The van der Waals surface area contributed by atoms with Crippen molar-refractivity contribution in [2.75, 3.05) is 26.8 Å². The first-order valence-electron chi connectivity index (χ1n) is 10.6. The number of ether oxygens (including phenoxy) is 2. The summed E-state index contributed by atoms with van der Waals surface area (Å²) in [6, 6.07) is 10.6. The molecule has 166 valence electrons. The minimum absolute atomic E-state index is 0.0530. The number of carbonyl (C=O) groups excluding carboxylic acids is 1. The number of methoxy groups -OCH3 is 1. The number of likely N-dealkylation sites (tertiary alicyclic amines) is 1. The normalized spacial score (nSPS) is 14.1. The van der Waals surface area contributed by atoms with Crippen LogP contribution >= 0.6 is 0 Å². The van der Waals surface area contributed by atoms with Crippen LogP contribution in [0.25, 0.3) is 0 Å². The van der Waals surface area contributed by atoms with Gasteiger partial charge in [0.1, 0.15) is 5.56 Å². The van der Waals surface area contributed by atoms with Crippen LogP contribution in [0.4, 0.5) is 5.69 Å². The van der Waals surface area contributed by atoms with Crippen molar-refractivity contribution in [3.63, 3.8) is 0 Å². The highest BCUT2D eigenvalue weighted by molar-refractivity contribution is 5.99. The number of hydrogen-bond donors (Lipinski definition) is 1. The molecule has 0 spiro atoms. The molecular formula is C23H29N3O5. The smallest absolute Gasteiger partial charge is 0.286 e. The number of hydrogen-bond acceptors (Lipinski definition) is 6. The van der Waals surface area contributed by atoms with E-state index in [0.717, 1.165) is 30.8 Å². The van der Waals surface area contributed by atoms with E-state index < -0.39 is 10.8 Å². The molecule has 1 amide bonds. The molecule has 0 radical (unpaired) electrons. The maximum absolute atomic E-state index is 12.9. The third-order valence-corrected chi connectivity index (χ3v) is 5.42. The molecule has 1 aliphatic heterocycles. The zero-order chi connectivity index (χ0) is 22.2. The fraction of sp³-hybridized carbons (Fsp3) is 0.435. The zero-order valence-electron chi connectivity index (χ0n) is 18.1. The van der Waals surface area contributed by atoms with Crippen LogP contribution in [-0.2, 0) is 13.1 Å². The first-order chi connectivity index (χ1) is 15.0. The number of amides is 1. The molecule has 2 aromatic carbocycles. The van der Waals surface area contributed by atoms with Crippen LogP contribution in [0.1, 0.15) is 47.7 Å². The summed E-state index contributed by atoms with van der Waals surface area (Å²) in [7, 11) is 1.40. The maximum atomic E-state index is 12.9. The molecule has 1 aliphatic rings. The van der Waals surface area contributed by atoms with Crippen molar-refractivity contribution in [3.05, 3.63) is 63.2 Å². The first kappa shape index (κ1) is 22.6. The Morgan fingerprint density at radius 2 is 1.84 bits per heavy atom. The summed E-state index contributed by atoms with van der Waals surface area (Å²) in [5.41, 5.74) is 1.79. The largest absolute Gasteiger partial charge is 0.493 e. The average Bonchev–Trinajstić information content (AvgIpc) is 2.78. The van der Waals surface area contributed by atoms with E-state index in [4.69, 9.17) is 9.47 Å². The summed E-state index contributed by atoms with van der Waals surface area (Å²) in [6.45, 7) is 5.43. The highest BCUT2D eigenvalue weighted by atomic mass is 16.6. The van der Waals surface area contributed by atoms with Crippen molar-refractivity contribution in [3.8, 4) is 11.5 Å². The number of nitrogens with one attached hydrogen (secondary N) is 1. The third kappa shape index (κ3) is 5.73. The Bertz CT molecular complexity index is 925. The molecule has 0 saturated carbocycles. The highest BCUT2D eigenvalue weighted by Crippen LogP contribution is 2.34. The van der Waals surface area contributed by atoms with Gasteiger partial charge >= 0.3 is 0 Å². The number of benzene rings is 2. The molecule has 1 saturated heterocycles. The number of rotatable bonds is 9. The molecule has 2 aromatic rings. The van der Waals surface area contributed by atoms with Crippen LogP contribution in [-0.4, -0.2) is 42.5 Å².